The van der Waals surface area contributed by atoms with Gasteiger partial charge in [-0.1, -0.05) is 6.07 Å². The summed E-state index contributed by atoms with van der Waals surface area (Å²) >= 11 is 5.59. The van der Waals surface area contributed by atoms with Crippen molar-refractivity contribution in [3.8, 4) is 0 Å². The van der Waals surface area contributed by atoms with Gasteiger partial charge in [0.25, 0.3) is 0 Å². The van der Waals surface area contributed by atoms with Crippen molar-refractivity contribution in [1.82, 2.24) is 19.8 Å². The first-order valence-corrected chi connectivity index (χ1v) is 9.15. The average Bonchev–Trinajstić information content (AvgIpc) is 3.24. The molecule has 3 heterocycles. The molecule has 0 spiro atoms. The summed E-state index contributed by atoms with van der Waals surface area (Å²) in [5.41, 5.74) is 2.07. The van der Waals surface area contributed by atoms with Crippen LogP contribution in [0.25, 0.3) is 0 Å². The third-order valence-corrected chi connectivity index (χ3v) is 5.01. The lowest BCUT2D eigenvalue weighted by Gasteiger charge is -2.29. The van der Waals surface area contributed by atoms with Crippen LogP contribution in [0.3, 0.4) is 0 Å². The number of pyridine rings is 1. The Bertz CT molecular complexity index is 775. The van der Waals surface area contributed by atoms with Crippen molar-refractivity contribution in [2.24, 2.45) is 0 Å². The number of hydrogen-bond donors (Lipinski definition) is 1. The Balaban J connectivity index is 1.99. The molecule has 0 amide bonds. The van der Waals surface area contributed by atoms with E-state index in [-0.39, 0.29) is 24.5 Å². The second-order valence-electron chi connectivity index (χ2n) is 6.58. The van der Waals surface area contributed by atoms with Crippen LogP contribution in [0.15, 0.2) is 42.7 Å². The molecule has 2 atom stereocenters. The summed E-state index contributed by atoms with van der Waals surface area (Å²) in [6.45, 7) is 4.80. The molecule has 1 fully saturated rings. The van der Waals surface area contributed by atoms with Gasteiger partial charge >= 0.3 is 5.97 Å². The standard InChI is InChI=1S/C19H24N4O2S/c1-13(2)22-11-6-8-15(22)18-17(14-7-4-5-10-20-14)21-19(26)23(18)12-9-16(24)25-3/h4-8,10-11,13,17-18H,9,12H2,1-3H3,(H,21,26)/t17-,18-/m1/s1. The van der Waals surface area contributed by atoms with Gasteiger partial charge in [-0.25, -0.2) is 0 Å². The highest BCUT2D eigenvalue weighted by molar-refractivity contribution is 7.80. The number of esters is 1. The van der Waals surface area contributed by atoms with Crippen LogP contribution < -0.4 is 5.32 Å². The second kappa shape index (κ2) is 7.86. The molecule has 2 aromatic rings. The van der Waals surface area contributed by atoms with Crippen LogP contribution in [0.5, 0.6) is 0 Å². The SMILES string of the molecule is COC(=O)CCN1C(=S)N[C@H](c2ccccn2)[C@H]1c1cccn1C(C)C. The van der Waals surface area contributed by atoms with Gasteiger partial charge in [0.05, 0.1) is 31.3 Å². The maximum Gasteiger partial charge on any atom is 0.307 e. The van der Waals surface area contributed by atoms with Gasteiger partial charge in [-0.05, 0) is 50.3 Å². The predicted octanol–water partition coefficient (Wildman–Crippen LogP) is 3.00. The average molecular weight is 372 g/mol. The zero-order chi connectivity index (χ0) is 18.7. The number of thiocarbonyl (C=S) groups is 1. The zero-order valence-electron chi connectivity index (χ0n) is 15.3. The lowest BCUT2D eigenvalue weighted by molar-refractivity contribution is -0.140. The first kappa shape index (κ1) is 18.4. The van der Waals surface area contributed by atoms with Gasteiger partial charge in [-0.3, -0.25) is 9.78 Å². The van der Waals surface area contributed by atoms with E-state index in [0.717, 1.165) is 11.4 Å². The fourth-order valence-electron chi connectivity index (χ4n) is 3.41. The van der Waals surface area contributed by atoms with E-state index in [4.69, 9.17) is 17.0 Å². The smallest absolute Gasteiger partial charge is 0.307 e. The molecular weight excluding hydrogens is 348 g/mol. The predicted molar refractivity (Wildman–Crippen MR) is 104 cm³/mol. The van der Waals surface area contributed by atoms with Crippen molar-refractivity contribution in [2.45, 2.75) is 38.4 Å². The van der Waals surface area contributed by atoms with E-state index in [1.54, 1.807) is 6.20 Å². The van der Waals surface area contributed by atoms with Crippen LogP contribution in [0.1, 0.15) is 49.8 Å². The lowest BCUT2D eigenvalue weighted by atomic mass is 10.0. The number of ether oxygens (including phenoxy) is 1. The molecule has 138 valence electrons. The minimum atomic E-state index is -0.243. The molecule has 0 aromatic carbocycles. The third kappa shape index (κ3) is 3.58. The van der Waals surface area contributed by atoms with Crippen LogP contribution in [0.4, 0.5) is 0 Å². The second-order valence-corrected chi connectivity index (χ2v) is 6.97. The monoisotopic (exact) mass is 372 g/mol. The lowest BCUT2D eigenvalue weighted by Crippen LogP contribution is -2.32. The normalized spacial score (nSPS) is 19.7. The number of methoxy groups -OCH3 is 1. The number of nitrogens with zero attached hydrogens (tertiary/aromatic N) is 3. The minimum absolute atomic E-state index is 0.0422. The summed E-state index contributed by atoms with van der Waals surface area (Å²) in [5, 5.41) is 4.03. The fourth-order valence-corrected chi connectivity index (χ4v) is 3.74. The summed E-state index contributed by atoms with van der Waals surface area (Å²) in [5.74, 6) is -0.243. The van der Waals surface area contributed by atoms with Gasteiger partial charge < -0.3 is 19.5 Å². The maximum absolute atomic E-state index is 11.7. The molecule has 26 heavy (non-hydrogen) atoms. The van der Waals surface area contributed by atoms with Crippen LogP contribution in [-0.2, 0) is 9.53 Å². The van der Waals surface area contributed by atoms with Crippen molar-refractivity contribution >= 4 is 23.3 Å². The van der Waals surface area contributed by atoms with Crippen molar-refractivity contribution in [3.63, 3.8) is 0 Å². The number of aromatic nitrogens is 2. The van der Waals surface area contributed by atoms with Crippen LogP contribution in [-0.4, -0.2) is 39.2 Å². The molecular formula is C19H24N4O2S. The van der Waals surface area contributed by atoms with Gasteiger partial charge in [-0.2, -0.15) is 0 Å². The Morgan fingerprint density at radius 3 is 2.81 bits per heavy atom. The Labute approximate surface area is 159 Å². The van der Waals surface area contributed by atoms with E-state index in [0.29, 0.717) is 17.7 Å². The molecule has 0 radical (unpaired) electrons. The molecule has 1 aliphatic rings. The molecule has 1 saturated heterocycles. The summed E-state index contributed by atoms with van der Waals surface area (Å²) in [6.07, 6.45) is 4.15. The molecule has 6 nitrogen and oxygen atoms in total. The molecule has 0 bridgehead atoms. The molecule has 2 aromatic heterocycles. The summed E-state index contributed by atoms with van der Waals surface area (Å²) in [4.78, 5) is 18.3. The first-order valence-electron chi connectivity index (χ1n) is 8.74. The maximum atomic E-state index is 11.7. The molecule has 0 unspecified atom stereocenters. The van der Waals surface area contributed by atoms with Crippen molar-refractivity contribution in [1.29, 1.82) is 0 Å². The van der Waals surface area contributed by atoms with E-state index < -0.39 is 0 Å². The highest BCUT2D eigenvalue weighted by Crippen LogP contribution is 2.39. The molecule has 0 saturated carbocycles. The quantitative estimate of drug-likeness (QED) is 0.621. The van der Waals surface area contributed by atoms with Crippen LogP contribution in [0.2, 0.25) is 0 Å². The van der Waals surface area contributed by atoms with Crippen molar-refractivity contribution < 1.29 is 9.53 Å². The third-order valence-electron chi connectivity index (χ3n) is 4.65. The van der Waals surface area contributed by atoms with Gasteiger partial charge in [0.1, 0.15) is 0 Å². The molecule has 7 heteroatoms. The number of carbonyl (C=O) groups excluding carboxylic acids is 1. The van der Waals surface area contributed by atoms with Crippen LogP contribution >= 0.6 is 12.2 Å². The molecule has 0 aliphatic carbocycles. The number of carbonyl (C=O) groups is 1. The van der Waals surface area contributed by atoms with E-state index in [1.165, 1.54) is 7.11 Å². The van der Waals surface area contributed by atoms with E-state index in [2.05, 4.69) is 45.9 Å². The summed E-state index contributed by atoms with van der Waals surface area (Å²) in [6, 6.07) is 10.2. The Morgan fingerprint density at radius 1 is 1.35 bits per heavy atom. The van der Waals surface area contributed by atoms with E-state index >= 15 is 0 Å². The van der Waals surface area contributed by atoms with Crippen LogP contribution in [0, 0.1) is 0 Å². The fraction of sp³-hybridized carbons (Fsp3) is 0.421. The van der Waals surface area contributed by atoms with E-state index in [9.17, 15) is 4.79 Å². The Kier molecular flexibility index (Phi) is 5.56. The van der Waals surface area contributed by atoms with Crippen molar-refractivity contribution in [2.75, 3.05) is 13.7 Å². The molecule has 3 rings (SSSR count). The minimum Gasteiger partial charge on any atom is -0.469 e. The first-order chi connectivity index (χ1) is 12.5. The van der Waals surface area contributed by atoms with Gasteiger partial charge in [0.15, 0.2) is 5.11 Å². The molecule has 1 N–H and O–H groups in total. The zero-order valence-corrected chi connectivity index (χ0v) is 16.1. The van der Waals surface area contributed by atoms with Gasteiger partial charge in [0, 0.05) is 30.7 Å². The highest BCUT2D eigenvalue weighted by atomic mass is 32.1. The Morgan fingerprint density at radius 2 is 2.15 bits per heavy atom. The Hall–Kier alpha value is -2.41. The largest absolute Gasteiger partial charge is 0.469 e. The number of hydrogen-bond acceptors (Lipinski definition) is 4. The topological polar surface area (TPSA) is 59.4 Å². The molecule has 1 aliphatic heterocycles. The van der Waals surface area contributed by atoms with Gasteiger partial charge in [0.2, 0.25) is 0 Å². The summed E-state index contributed by atoms with van der Waals surface area (Å²) < 4.78 is 7.04. The van der Waals surface area contributed by atoms with Gasteiger partial charge in [-0.15, -0.1) is 0 Å². The highest BCUT2D eigenvalue weighted by Gasteiger charge is 2.41. The number of nitrogens with one attached hydrogen (secondary N) is 1. The number of rotatable bonds is 6. The van der Waals surface area contributed by atoms with E-state index in [1.807, 2.05) is 24.3 Å². The summed E-state index contributed by atoms with van der Waals surface area (Å²) in [7, 11) is 1.40. The van der Waals surface area contributed by atoms with Crippen molar-refractivity contribution in [3.05, 3.63) is 54.1 Å².